The summed E-state index contributed by atoms with van der Waals surface area (Å²) in [5.41, 5.74) is 1.05. The summed E-state index contributed by atoms with van der Waals surface area (Å²) < 4.78 is 28.6. The summed E-state index contributed by atoms with van der Waals surface area (Å²) in [6, 6.07) is 6.70. The number of benzene rings is 1. The third kappa shape index (κ3) is 5.26. The molecule has 1 aliphatic carbocycles. The van der Waals surface area contributed by atoms with Gasteiger partial charge in [0.25, 0.3) is 5.91 Å². The van der Waals surface area contributed by atoms with Gasteiger partial charge in [0.1, 0.15) is 0 Å². The Kier molecular flexibility index (Phi) is 5.76. The number of rotatable bonds is 5. The van der Waals surface area contributed by atoms with Gasteiger partial charge in [0.2, 0.25) is 10.0 Å². The number of carbonyl (C=O) groups excluding carboxylic acids is 1. The molecule has 1 heterocycles. The Morgan fingerprint density at radius 1 is 1.12 bits per heavy atom. The molecule has 2 fully saturated rings. The first-order chi connectivity index (χ1) is 11.9. The second-order valence-corrected chi connectivity index (χ2v) is 8.66. The highest BCUT2D eigenvalue weighted by Crippen LogP contribution is 2.26. The SMILES string of the molecule is NS(=O)(=O)Cc1cccc(C(=O)N2CCC(OC3CCCC3)CC2)c1. The molecule has 0 bridgehead atoms. The van der Waals surface area contributed by atoms with Crippen LogP contribution in [0.5, 0.6) is 0 Å². The number of likely N-dealkylation sites (tertiary alicyclic amines) is 1. The van der Waals surface area contributed by atoms with Crippen LogP contribution in [-0.2, 0) is 20.5 Å². The van der Waals surface area contributed by atoms with E-state index in [4.69, 9.17) is 9.88 Å². The number of sulfonamides is 1. The zero-order chi connectivity index (χ0) is 17.9. The molecule has 0 spiro atoms. The predicted octanol–water partition coefficient (Wildman–Crippen LogP) is 2.04. The first kappa shape index (κ1) is 18.4. The first-order valence-electron chi connectivity index (χ1n) is 8.95. The summed E-state index contributed by atoms with van der Waals surface area (Å²) in [4.78, 5) is 14.5. The molecular formula is C18H26N2O4S. The molecule has 3 rings (SSSR count). The van der Waals surface area contributed by atoms with Crippen molar-refractivity contribution in [3.05, 3.63) is 35.4 Å². The lowest BCUT2D eigenvalue weighted by molar-refractivity contribution is -0.0357. The summed E-state index contributed by atoms with van der Waals surface area (Å²) in [6.45, 7) is 1.35. The van der Waals surface area contributed by atoms with E-state index in [-0.39, 0.29) is 17.8 Å². The van der Waals surface area contributed by atoms with Crippen LogP contribution in [0.15, 0.2) is 24.3 Å². The molecular weight excluding hydrogens is 340 g/mol. The van der Waals surface area contributed by atoms with Crippen molar-refractivity contribution in [2.75, 3.05) is 13.1 Å². The fourth-order valence-electron chi connectivity index (χ4n) is 3.70. The molecule has 7 heteroatoms. The topological polar surface area (TPSA) is 89.7 Å². The number of ether oxygens (including phenoxy) is 1. The number of hydrogen-bond donors (Lipinski definition) is 1. The Bertz CT molecular complexity index is 706. The number of carbonyl (C=O) groups is 1. The normalized spacial score (nSPS) is 20.1. The Morgan fingerprint density at radius 2 is 1.76 bits per heavy atom. The van der Waals surface area contributed by atoms with Gasteiger partial charge in [-0.25, -0.2) is 13.6 Å². The van der Waals surface area contributed by atoms with Gasteiger partial charge in [-0.05, 0) is 43.4 Å². The Morgan fingerprint density at radius 3 is 2.40 bits per heavy atom. The van der Waals surface area contributed by atoms with Crippen LogP contribution in [0.4, 0.5) is 0 Å². The smallest absolute Gasteiger partial charge is 0.253 e. The minimum atomic E-state index is -3.60. The molecule has 6 nitrogen and oxygen atoms in total. The van der Waals surface area contributed by atoms with Crippen molar-refractivity contribution in [2.45, 2.75) is 56.5 Å². The third-order valence-electron chi connectivity index (χ3n) is 4.96. The number of primary sulfonamides is 1. The second-order valence-electron chi connectivity index (χ2n) is 7.04. The number of nitrogens with two attached hydrogens (primary N) is 1. The monoisotopic (exact) mass is 366 g/mol. The Hall–Kier alpha value is -1.44. The van der Waals surface area contributed by atoms with E-state index in [9.17, 15) is 13.2 Å². The highest BCUT2D eigenvalue weighted by Gasteiger charge is 2.27. The van der Waals surface area contributed by atoms with Crippen LogP contribution in [0.1, 0.15) is 54.4 Å². The summed E-state index contributed by atoms with van der Waals surface area (Å²) in [5.74, 6) is -0.318. The van der Waals surface area contributed by atoms with E-state index in [1.54, 1.807) is 24.3 Å². The van der Waals surface area contributed by atoms with Gasteiger partial charge in [0, 0.05) is 18.7 Å². The van der Waals surface area contributed by atoms with Crippen molar-refractivity contribution in [1.29, 1.82) is 0 Å². The quantitative estimate of drug-likeness (QED) is 0.863. The highest BCUT2D eigenvalue weighted by molar-refractivity contribution is 7.88. The average molecular weight is 366 g/mol. The zero-order valence-electron chi connectivity index (χ0n) is 14.4. The van der Waals surface area contributed by atoms with Crippen LogP contribution in [-0.4, -0.2) is 44.5 Å². The summed E-state index contributed by atoms with van der Waals surface area (Å²) >= 11 is 0. The molecule has 2 aliphatic rings. The molecule has 1 aromatic carbocycles. The Labute approximate surface area is 149 Å². The van der Waals surface area contributed by atoms with E-state index >= 15 is 0 Å². The van der Waals surface area contributed by atoms with Crippen LogP contribution >= 0.6 is 0 Å². The van der Waals surface area contributed by atoms with Gasteiger partial charge in [-0.15, -0.1) is 0 Å². The van der Waals surface area contributed by atoms with Crippen LogP contribution in [0.25, 0.3) is 0 Å². The van der Waals surface area contributed by atoms with Crippen LogP contribution in [0.3, 0.4) is 0 Å². The Balaban J connectivity index is 1.56. The van der Waals surface area contributed by atoms with E-state index in [2.05, 4.69) is 0 Å². The molecule has 0 unspecified atom stereocenters. The van der Waals surface area contributed by atoms with Crippen molar-refractivity contribution >= 4 is 15.9 Å². The molecule has 1 amide bonds. The predicted molar refractivity (Wildman–Crippen MR) is 95.5 cm³/mol. The maximum atomic E-state index is 12.7. The van der Waals surface area contributed by atoms with Crippen molar-refractivity contribution in [3.63, 3.8) is 0 Å². The lowest BCUT2D eigenvalue weighted by Gasteiger charge is -2.33. The van der Waals surface area contributed by atoms with Crippen molar-refractivity contribution < 1.29 is 17.9 Å². The molecule has 1 aromatic rings. The van der Waals surface area contributed by atoms with E-state index in [1.807, 2.05) is 4.90 Å². The second kappa shape index (κ2) is 7.85. The lowest BCUT2D eigenvalue weighted by atomic mass is 10.0. The van der Waals surface area contributed by atoms with Gasteiger partial charge in [-0.1, -0.05) is 25.0 Å². The van der Waals surface area contributed by atoms with Crippen molar-refractivity contribution in [3.8, 4) is 0 Å². The molecule has 0 aromatic heterocycles. The van der Waals surface area contributed by atoms with E-state index in [0.29, 0.717) is 30.3 Å². The maximum absolute atomic E-state index is 12.7. The van der Waals surface area contributed by atoms with E-state index in [0.717, 1.165) is 25.7 Å². The van der Waals surface area contributed by atoms with Crippen LogP contribution in [0.2, 0.25) is 0 Å². The minimum Gasteiger partial charge on any atom is -0.375 e. The largest absolute Gasteiger partial charge is 0.375 e. The summed E-state index contributed by atoms with van der Waals surface area (Å²) in [6.07, 6.45) is 7.22. The van der Waals surface area contributed by atoms with Gasteiger partial charge in [-0.3, -0.25) is 4.79 Å². The van der Waals surface area contributed by atoms with Gasteiger partial charge in [0.05, 0.1) is 18.0 Å². The molecule has 1 saturated heterocycles. The zero-order valence-corrected chi connectivity index (χ0v) is 15.2. The van der Waals surface area contributed by atoms with Gasteiger partial charge in [-0.2, -0.15) is 0 Å². The average Bonchev–Trinajstić information content (AvgIpc) is 3.06. The third-order valence-corrected chi connectivity index (χ3v) is 5.69. The molecule has 0 atom stereocenters. The van der Waals surface area contributed by atoms with E-state index < -0.39 is 10.0 Å². The molecule has 1 aliphatic heterocycles. The molecule has 2 N–H and O–H groups in total. The lowest BCUT2D eigenvalue weighted by Crippen LogP contribution is -2.41. The minimum absolute atomic E-state index is 0.0596. The van der Waals surface area contributed by atoms with Crippen LogP contribution < -0.4 is 5.14 Å². The number of nitrogens with zero attached hydrogens (tertiary/aromatic N) is 1. The standard InChI is InChI=1S/C18H26N2O4S/c19-25(22,23)13-14-4-3-5-15(12-14)18(21)20-10-8-17(9-11-20)24-16-6-1-2-7-16/h3-5,12,16-17H,1-2,6-11,13H2,(H2,19,22,23). The molecule has 1 saturated carbocycles. The molecule has 0 radical (unpaired) electrons. The number of hydrogen-bond acceptors (Lipinski definition) is 4. The van der Waals surface area contributed by atoms with Crippen molar-refractivity contribution in [1.82, 2.24) is 4.90 Å². The van der Waals surface area contributed by atoms with Gasteiger partial charge < -0.3 is 9.64 Å². The van der Waals surface area contributed by atoms with E-state index in [1.165, 1.54) is 12.8 Å². The van der Waals surface area contributed by atoms with Gasteiger partial charge in [0.15, 0.2) is 0 Å². The highest BCUT2D eigenvalue weighted by atomic mass is 32.2. The molecule has 138 valence electrons. The fraction of sp³-hybridized carbons (Fsp3) is 0.611. The molecule has 25 heavy (non-hydrogen) atoms. The maximum Gasteiger partial charge on any atom is 0.253 e. The number of piperidine rings is 1. The fourth-order valence-corrected chi connectivity index (χ4v) is 4.34. The first-order valence-corrected chi connectivity index (χ1v) is 10.7. The van der Waals surface area contributed by atoms with Crippen molar-refractivity contribution in [2.24, 2.45) is 5.14 Å². The van der Waals surface area contributed by atoms with Crippen LogP contribution in [0, 0.1) is 0 Å². The summed E-state index contributed by atoms with van der Waals surface area (Å²) in [5, 5.41) is 5.08. The van der Waals surface area contributed by atoms with Gasteiger partial charge >= 0.3 is 0 Å². The number of amides is 1. The summed E-state index contributed by atoms with van der Waals surface area (Å²) in [7, 11) is -3.60.